The molecule has 0 spiro atoms. The Balaban J connectivity index is 2.82. The molecule has 1 rings (SSSR count). The van der Waals surface area contributed by atoms with Gasteiger partial charge in [-0.3, -0.25) is 4.79 Å². The maximum atomic E-state index is 13.6. The minimum absolute atomic E-state index is 0.0345. The molecule has 0 aliphatic heterocycles. The van der Waals surface area contributed by atoms with E-state index in [1.807, 2.05) is 6.92 Å². The fourth-order valence-corrected chi connectivity index (χ4v) is 1.64. The molecule has 0 fully saturated rings. The number of rotatable bonds is 7. The first-order chi connectivity index (χ1) is 8.95. The van der Waals surface area contributed by atoms with Crippen LogP contribution in [0, 0.1) is 5.82 Å². The van der Waals surface area contributed by atoms with Crippen LogP contribution in [-0.4, -0.2) is 23.0 Å². The number of Topliss-reactive ketones (excluding diaryl/α,β-unsaturated/α-hetero) is 1. The molecule has 0 aliphatic rings. The number of carboxylic acids is 1. The Bertz CT molecular complexity index is 471. The van der Waals surface area contributed by atoms with Gasteiger partial charge in [-0.15, -0.1) is 0 Å². The molecule has 0 saturated heterocycles. The van der Waals surface area contributed by atoms with Gasteiger partial charge in [0, 0.05) is 6.07 Å². The second-order valence-corrected chi connectivity index (χ2v) is 4.28. The number of halogens is 1. The predicted octanol–water partition coefficient (Wildman–Crippen LogP) is 3.05. The zero-order valence-corrected chi connectivity index (χ0v) is 11.0. The van der Waals surface area contributed by atoms with Crippen LogP contribution >= 0.6 is 0 Å². The lowest BCUT2D eigenvalue weighted by Crippen LogP contribution is -2.26. The fourth-order valence-electron chi connectivity index (χ4n) is 1.64. The maximum Gasteiger partial charge on any atom is 0.344 e. The summed E-state index contributed by atoms with van der Waals surface area (Å²) in [4.78, 5) is 22.1. The van der Waals surface area contributed by atoms with E-state index >= 15 is 0 Å². The summed E-state index contributed by atoms with van der Waals surface area (Å²) in [5.41, 5.74) is -0.0345. The van der Waals surface area contributed by atoms with Gasteiger partial charge in [-0.25, -0.2) is 9.18 Å². The Morgan fingerprint density at radius 3 is 2.58 bits per heavy atom. The highest BCUT2D eigenvalue weighted by molar-refractivity contribution is 5.94. The Morgan fingerprint density at radius 1 is 1.42 bits per heavy atom. The molecule has 104 valence electrons. The predicted molar refractivity (Wildman–Crippen MR) is 68.0 cm³/mol. The standard InChI is InChI=1S/C14H17FO4/c1-3-4-5-13(14(17)18)19-10-6-7-11(9(2)16)12(15)8-10/h6-8,13H,3-5H2,1-2H3,(H,17,18). The van der Waals surface area contributed by atoms with Crippen LogP contribution in [0.4, 0.5) is 4.39 Å². The molecule has 1 atom stereocenters. The first kappa shape index (κ1) is 15.1. The lowest BCUT2D eigenvalue weighted by atomic mass is 10.1. The zero-order chi connectivity index (χ0) is 14.4. The molecule has 0 saturated carbocycles. The van der Waals surface area contributed by atoms with Crippen LogP contribution in [0.2, 0.25) is 0 Å². The minimum Gasteiger partial charge on any atom is -0.479 e. The van der Waals surface area contributed by atoms with Crippen molar-refractivity contribution in [3.8, 4) is 5.75 Å². The summed E-state index contributed by atoms with van der Waals surface area (Å²) >= 11 is 0. The Hall–Kier alpha value is -1.91. The van der Waals surface area contributed by atoms with Crippen LogP contribution in [0.1, 0.15) is 43.5 Å². The highest BCUT2D eigenvalue weighted by atomic mass is 19.1. The average molecular weight is 268 g/mol. The number of ketones is 1. The average Bonchev–Trinajstić information content (AvgIpc) is 2.33. The first-order valence-corrected chi connectivity index (χ1v) is 6.15. The van der Waals surface area contributed by atoms with Gasteiger partial charge < -0.3 is 9.84 Å². The minimum atomic E-state index is -1.08. The van der Waals surface area contributed by atoms with Crippen molar-refractivity contribution in [2.75, 3.05) is 0 Å². The highest BCUT2D eigenvalue weighted by Gasteiger charge is 2.19. The van der Waals surface area contributed by atoms with E-state index in [9.17, 15) is 14.0 Å². The quantitative estimate of drug-likeness (QED) is 0.772. The molecule has 0 aromatic heterocycles. The van der Waals surface area contributed by atoms with Crippen LogP contribution in [0.15, 0.2) is 18.2 Å². The Kier molecular flexibility index (Phi) is 5.48. The van der Waals surface area contributed by atoms with Crippen molar-refractivity contribution in [3.63, 3.8) is 0 Å². The van der Waals surface area contributed by atoms with Gasteiger partial charge in [-0.05, 0) is 31.9 Å². The molecule has 1 unspecified atom stereocenters. The first-order valence-electron chi connectivity index (χ1n) is 6.15. The smallest absolute Gasteiger partial charge is 0.344 e. The van der Waals surface area contributed by atoms with E-state index in [1.54, 1.807) is 0 Å². The molecule has 19 heavy (non-hydrogen) atoms. The molecule has 4 nitrogen and oxygen atoms in total. The molecule has 1 aromatic rings. The van der Waals surface area contributed by atoms with Gasteiger partial charge >= 0.3 is 5.97 Å². The molecule has 0 radical (unpaired) electrons. The summed E-state index contributed by atoms with van der Waals surface area (Å²) in [5.74, 6) is -2.05. The van der Waals surface area contributed by atoms with E-state index in [1.165, 1.54) is 19.1 Å². The van der Waals surface area contributed by atoms with E-state index in [2.05, 4.69) is 0 Å². The van der Waals surface area contributed by atoms with Gasteiger partial charge in [0.15, 0.2) is 11.9 Å². The van der Waals surface area contributed by atoms with Crippen LogP contribution in [0.5, 0.6) is 5.75 Å². The number of ether oxygens (including phenoxy) is 1. The van der Waals surface area contributed by atoms with Gasteiger partial charge in [-0.1, -0.05) is 13.3 Å². The van der Waals surface area contributed by atoms with Gasteiger partial charge in [0.1, 0.15) is 11.6 Å². The summed E-state index contributed by atoms with van der Waals surface area (Å²) in [7, 11) is 0. The van der Waals surface area contributed by atoms with Crippen molar-refractivity contribution in [1.82, 2.24) is 0 Å². The number of benzene rings is 1. The van der Waals surface area contributed by atoms with Crippen molar-refractivity contribution < 1.29 is 23.8 Å². The van der Waals surface area contributed by atoms with E-state index in [0.29, 0.717) is 12.8 Å². The number of carbonyl (C=O) groups is 2. The van der Waals surface area contributed by atoms with Crippen molar-refractivity contribution in [2.45, 2.75) is 39.2 Å². The third-order valence-electron chi connectivity index (χ3n) is 2.69. The topological polar surface area (TPSA) is 63.6 Å². The molecule has 0 aliphatic carbocycles. The molecule has 0 amide bonds. The number of carbonyl (C=O) groups excluding carboxylic acids is 1. The van der Waals surface area contributed by atoms with E-state index < -0.39 is 17.9 Å². The Morgan fingerprint density at radius 2 is 2.11 bits per heavy atom. The van der Waals surface area contributed by atoms with Crippen LogP contribution in [0.25, 0.3) is 0 Å². The Labute approximate surface area is 111 Å². The summed E-state index contributed by atoms with van der Waals surface area (Å²) in [6, 6.07) is 3.74. The lowest BCUT2D eigenvalue weighted by molar-refractivity contribution is -0.145. The largest absolute Gasteiger partial charge is 0.479 e. The maximum absolute atomic E-state index is 13.6. The second kappa shape index (κ2) is 6.87. The van der Waals surface area contributed by atoms with Crippen LogP contribution in [0.3, 0.4) is 0 Å². The molecule has 0 bridgehead atoms. The van der Waals surface area contributed by atoms with E-state index in [4.69, 9.17) is 9.84 Å². The molecular weight excluding hydrogens is 251 g/mol. The zero-order valence-electron chi connectivity index (χ0n) is 11.0. The van der Waals surface area contributed by atoms with Gasteiger partial charge in [0.2, 0.25) is 0 Å². The van der Waals surface area contributed by atoms with Crippen LogP contribution < -0.4 is 4.74 Å². The SMILES string of the molecule is CCCCC(Oc1ccc(C(C)=O)c(F)c1)C(=O)O. The van der Waals surface area contributed by atoms with E-state index in [0.717, 1.165) is 12.5 Å². The lowest BCUT2D eigenvalue weighted by Gasteiger charge is -2.15. The summed E-state index contributed by atoms with van der Waals surface area (Å²) in [6.07, 6.45) is 0.931. The molecular formula is C14H17FO4. The number of aliphatic carboxylic acids is 1. The number of unbranched alkanes of at least 4 members (excludes halogenated alkanes) is 1. The molecule has 1 aromatic carbocycles. The summed E-state index contributed by atoms with van der Waals surface area (Å²) in [5, 5.41) is 9.00. The number of carboxylic acid groups (broad SMARTS) is 1. The van der Waals surface area contributed by atoms with Crippen molar-refractivity contribution in [2.24, 2.45) is 0 Å². The normalized spacial score (nSPS) is 11.9. The fraction of sp³-hybridized carbons (Fsp3) is 0.429. The second-order valence-electron chi connectivity index (χ2n) is 4.28. The van der Waals surface area contributed by atoms with Gasteiger partial charge in [-0.2, -0.15) is 0 Å². The number of hydrogen-bond acceptors (Lipinski definition) is 3. The van der Waals surface area contributed by atoms with Gasteiger partial charge in [0.25, 0.3) is 0 Å². The molecule has 0 heterocycles. The third kappa shape index (κ3) is 4.35. The van der Waals surface area contributed by atoms with Crippen LogP contribution in [-0.2, 0) is 4.79 Å². The monoisotopic (exact) mass is 268 g/mol. The van der Waals surface area contributed by atoms with Crippen molar-refractivity contribution in [1.29, 1.82) is 0 Å². The van der Waals surface area contributed by atoms with Crippen molar-refractivity contribution in [3.05, 3.63) is 29.6 Å². The molecule has 1 N–H and O–H groups in total. The summed E-state index contributed by atoms with van der Waals surface area (Å²) < 4.78 is 18.8. The summed E-state index contributed by atoms with van der Waals surface area (Å²) in [6.45, 7) is 3.21. The van der Waals surface area contributed by atoms with Crippen molar-refractivity contribution >= 4 is 11.8 Å². The molecule has 5 heteroatoms. The van der Waals surface area contributed by atoms with E-state index in [-0.39, 0.29) is 17.1 Å². The van der Waals surface area contributed by atoms with Gasteiger partial charge in [0.05, 0.1) is 5.56 Å². The highest BCUT2D eigenvalue weighted by Crippen LogP contribution is 2.19. The number of hydrogen-bond donors (Lipinski definition) is 1. The third-order valence-corrected chi connectivity index (χ3v) is 2.69.